The molecule has 6 nitrogen and oxygen atoms in total. The third-order valence-electron chi connectivity index (χ3n) is 5.63. The molecule has 148 valence electrons. The maximum absolute atomic E-state index is 13.1. The average molecular weight is 400 g/mol. The summed E-state index contributed by atoms with van der Waals surface area (Å²) in [4.78, 5) is 17.2. The minimum absolute atomic E-state index is 0.155. The second-order valence-corrected chi connectivity index (χ2v) is 9.14. The summed E-state index contributed by atoms with van der Waals surface area (Å²) in [5.41, 5.74) is 2.47. The van der Waals surface area contributed by atoms with Crippen LogP contribution in [0.3, 0.4) is 0 Å². The van der Waals surface area contributed by atoms with Gasteiger partial charge in [0.15, 0.2) is 0 Å². The molecule has 2 aliphatic rings. The molecule has 0 aliphatic carbocycles. The molecule has 28 heavy (non-hydrogen) atoms. The molecule has 4 rings (SSSR count). The summed E-state index contributed by atoms with van der Waals surface area (Å²) in [6, 6.07) is 14.3. The number of piperazine rings is 1. The van der Waals surface area contributed by atoms with Crippen molar-refractivity contribution < 1.29 is 13.2 Å². The molecule has 1 amide bonds. The highest BCUT2D eigenvalue weighted by molar-refractivity contribution is 7.89. The number of likely N-dealkylation sites (N-methyl/N-ethyl adjacent to an activating group) is 1. The van der Waals surface area contributed by atoms with E-state index in [4.69, 9.17) is 0 Å². The van der Waals surface area contributed by atoms with Gasteiger partial charge < -0.3 is 9.80 Å². The Kier molecular flexibility index (Phi) is 5.23. The first-order valence-corrected chi connectivity index (χ1v) is 11.2. The Morgan fingerprint density at radius 3 is 2.46 bits per heavy atom. The molecular weight excluding hydrogens is 374 g/mol. The Labute approximate surface area is 166 Å². The van der Waals surface area contributed by atoms with Gasteiger partial charge in [-0.25, -0.2) is 8.42 Å². The zero-order chi connectivity index (χ0) is 19.7. The van der Waals surface area contributed by atoms with E-state index in [-0.39, 0.29) is 10.8 Å². The summed E-state index contributed by atoms with van der Waals surface area (Å²) in [6.07, 6.45) is 0.821. The highest BCUT2D eigenvalue weighted by atomic mass is 32.2. The fourth-order valence-electron chi connectivity index (χ4n) is 3.93. The van der Waals surface area contributed by atoms with E-state index in [2.05, 4.69) is 11.8 Å². The van der Waals surface area contributed by atoms with Crippen molar-refractivity contribution in [1.82, 2.24) is 9.21 Å². The van der Waals surface area contributed by atoms with Crippen LogP contribution >= 0.6 is 0 Å². The fraction of sp³-hybridized carbons (Fsp3) is 0.381. The van der Waals surface area contributed by atoms with Crippen LogP contribution in [0.25, 0.3) is 0 Å². The van der Waals surface area contributed by atoms with Crippen LogP contribution in [-0.4, -0.2) is 62.8 Å². The summed E-state index contributed by atoms with van der Waals surface area (Å²) >= 11 is 0. The van der Waals surface area contributed by atoms with E-state index in [1.54, 1.807) is 23.1 Å². The predicted octanol–water partition coefficient (Wildman–Crippen LogP) is 2.22. The van der Waals surface area contributed by atoms with E-state index >= 15 is 0 Å². The number of carbonyl (C=O) groups is 1. The van der Waals surface area contributed by atoms with Crippen LogP contribution in [0, 0.1) is 0 Å². The van der Waals surface area contributed by atoms with E-state index in [1.165, 1.54) is 10.4 Å². The minimum atomic E-state index is -3.60. The average Bonchev–Trinajstić information content (AvgIpc) is 3.17. The highest BCUT2D eigenvalue weighted by Gasteiger charge is 2.30. The molecule has 0 saturated carbocycles. The number of hydrogen-bond acceptors (Lipinski definition) is 4. The maximum atomic E-state index is 13.1. The standard InChI is InChI=1S/C21H25N3O3S/c1-2-22-12-14-23(15-13-22)28(26,27)19-8-5-7-18(16-19)21(25)24-11-10-17-6-3-4-9-20(17)24/h3-9,16H,2,10-15H2,1H3. The van der Waals surface area contributed by atoms with Crippen molar-refractivity contribution in [2.24, 2.45) is 0 Å². The maximum Gasteiger partial charge on any atom is 0.258 e. The Morgan fingerprint density at radius 2 is 1.71 bits per heavy atom. The minimum Gasteiger partial charge on any atom is -0.308 e. The van der Waals surface area contributed by atoms with Crippen molar-refractivity contribution in [2.45, 2.75) is 18.2 Å². The van der Waals surface area contributed by atoms with Crippen LogP contribution in [-0.2, 0) is 16.4 Å². The van der Waals surface area contributed by atoms with Crippen LogP contribution in [0.2, 0.25) is 0 Å². The summed E-state index contributed by atoms with van der Waals surface area (Å²) in [5, 5.41) is 0. The summed E-state index contributed by atoms with van der Waals surface area (Å²) in [7, 11) is -3.60. The SMILES string of the molecule is CCN1CCN(S(=O)(=O)c2cccc(C(=O)N3CCc4ccccc43)c2)CC1. The molecule has 1 saturated heterocycles. The van der Waals surface area contributed by atoms with Gasteiger partial charge in [0.25, 0.3) is 5.91 Å². The Balaban J connectivity index is 1.57. The first-order chi connectivity index (χ1) is 13.5. The zero-order valence-corrected chi connectivity index (χ0v) is 16.9. The largest absolute Gasteiger partial charge is 0.308 e. The van der Waals surface area contributed by atoms with Crippen molar-refractivity contribution in [3.05, 3.63) is 59.7 Å². The molecule has 2 aromatic carbocycles. The van der Waals surface area contributed by atoms with Gasteiger partial charge in [0.2, 0.25) is 10.0 Å². The molecule has 2 aliphatic heterocycles. The smallest absolute Gasteiger partial charge is 0.258 e. The van der Waals surface area contributed by atoms with Gasteiger partial charge in [0.1, 0.15) is 0 Å². The number of sulfonamides is 1. The van der Waals surface area contributed by atoms with E-state index < -0.39 is 10.0 Å². The van der Waals surface area contributed by atoms with E-state index in [9.17, 15) is 13.2 Å². The fourth-order valence-corrected chi connectivity index (χ4v) is 5.40. The number of fused-ring (bicyclic) bond motifs is 1. The van der Waals surface area contributed by atoms with Crippen LogP contribution in [0.1, 0.15) is 22.8 Å². The number of anilines is 1. The molecule has 0 atom stereocenters. The van der Waals surface area contributed by atoms with Crippen LogP contribution in [0.5, 0.6) is 0 Å². The molecule has 7 heteroatoms. The van der Waals surface area contributed by atoms with Crippen LogP contribution in [0.15, 0.2) is 53.4 Å². The van der Waals surface area contributed by atoms with Crippen molar-refractivity contribution in [3.63, 3.8) is 0 Å². The second kappa shape index (κ2) is 7.66. The number of rotatable bonds is 4. The lowest BCUT2D eigenvalue weighted by Crippen LogP contribution is -2.48. The molecule has 1 fully saturated rings. The van der Waals surface area contributed by atoms with Gasteiger partial charge in [-0.1, -0.05) is 31.2 Å². The normalized spacial score (nSPS) is 18.2. The molecule has 0 unspecified atom stereocenters. The monoisotopic (exact) mass is 399 g/mol. The molecule has 0 aromatic heterocycles. The number of hydrogen-bond donors (Lipinski definition) is 0. The van der Waals surface area contributed by atoms with Gasteiger partial charge >= 0.3 is 0 Å². The van der Waals surface area contributed by atoms with Gasteiger partial charge in [-0.05, 0) is 42.8 Å². The van der Waals surface area contributed by atoms with Gasteiger partial charge in [0.05, 0.1) is 4.90 Å². The molecule has 0 radical (unpaired) electrons. The van der Waals surface area contributed by atoms with Crippen LogP contribution < -0.4 is 4.90 Å². The van der Waals surface area contributed by atoms with E-state index in [0.717, 1.165) is 37.3 Å². The first-order valence-electron chi connectivity index (χ1n) is 9.73. The summed E-state index contributed by atoms with van der Waals surface area (Å²) in [5.74, 6) is -0.155. The van der Waals surface area contributed by atoms with Gasteiger partial charge in [-0.3, -0.25) is 4.79 Å². The van der Waals surface area contributed by atoms with Gasteiger partial charge in [0, 0.05) is 44.0 Å². The van der Waals surface area contributed by atoms with E-state index in [1.807, 2.05) is 24.3 Å². The molecule has 2 aromatic rings. The third kappa shape index (κ3) is 3.45. The number of benzene rings is 2. The predicted molar refractivity (Wildman–Crippen MR) is 109 cm³/mol. The first kappa shape index (κ1) is 19.1. The van der Waals surface area contributed by atoms with Crippen molar-refractivity contribution in [1.29, 1.82) is 0 Å². The van der Waals surface area contributed by atoms with Crippen molar-refractivity contribution in [2.75, 3.05) is 44.2 Å². The number of carbonyl (C=O) groups excluding carboxylic acids is 1. The summed E-state index contributed by atoms with van der Waals surface area (Å²) in [6.45, 7) is 6.05. The second-order valence-electron chi connectivity index (χ2n) is 7.20. The Hall–Kier alpha value is -2.22. The lowest BCUT2D eigenvalue weighted by Gasteiger charge is -2.33. The molecule has 2 heterocycles. The number of amides is 1. The van der Waals surface area contributed by atoms with Crippen LogP contribution in [0.4, 0.5) is 5.69 Å². The lowest BCUT2D eigenvalue weighted by molar-refractivity contribution is 0.0989. The van der Waals surface area contributed by atoms with Crippen molar-refractivity contribution in [3.8, 4) is 0 Å². The molecule has 0 bridgehead atoms. The number of nitrogens with zero attached hydrogens (tertiary/aromatic N) is 3. The van der Waals surface area contributed by atoms with Gasteiger partial charge in [-0.15, -0.1) is 0 Å². The lowest BCUT2D eigenvalue weighted by atomic mass is 10.1. The zero-order valence-electron chi connectivity index (χ0n) is 16.0. The molecule has 0 N–H and O–H groups in total. The Bertz CT molecular complexity index is 982. The van der Waals surface area contributed by atoms with Gasteiger partial charge in [-0.2, -0.15) is 4.31 Å². The third-order valence-corrected chi connectivity index (χ3v) is 7.52. The quantitative estimate of drug-likeness (QED) is 0.791. The number of para-hydroxylation sites is 1. The summed E-state index contributed by atoms with van der Waals surface area (Å²) < 4.78 is 27.6. The highest BCUT2D eigenvalue weighted by Crippen LogP contribution is 2.29. The molecular formula is C21H25N3O3S. The molecule has 0 spiro atoms. The Morgan fingerprint density at radius 1 is 0.964 bits per heavy atom. The van der Waals surface area contributed by atoms with Crippen molar-refractivity contribution >= 4 is 21.6 Å². The van der Waals surface area contributed by atoms with E-state index in [0.29, 0.717) is 25.2 Å². The topological polar surface area (TPSA) is 60.9 Å².